The largest absolute Gasteiger partial charge is 0.374 e. The van der Waals surface area contributed by atoms with Crippen LogP contribution in [0.5, 0.6) is 0 Å². The minimum Gasteiger partial charge on any atom is -0.374 e. The monoisotopic (exact) mass is 360 g/mol. The number of halogens is 1. The first-order valence-electron chi connectivity index (χ1n) is 7.44. The van der Waals surface area contributed by atoms with Crippen LogP contribution in [0.25, 0.3) is 0 Å². The third kappa shape index (κ3) is 3.83. The lowest BCUT2D eigenvalue weighted by molar-refractivity contribution is -0.100. The molecule has 3 unspecified atom stereocenters. The Hall–Kier alpha value is 0.0600. The fourth-order valence-electron chi connectivity index (χ4n) is 3.44. The Labute approximate surface area is 134 Å². The second-order valence-electron chi connectivity index (χ2n) is 5.83. The van der Waals surface area contributed by atoms with Crippen LogP contribution in [0, 0.1) is 5.92 Å². The SMILES string of the molecule is CCOC1(C(Cc2ccc(Br)s2)NN)CCCC(C)C1. The van der Waals surface area contributed by atoms with Crippen LogP contribution in [0.15, 0.2) is 15.9 Å². The van der Waals surface area contributed by atoms with Gasteiger partial charge in [0, 0.05) is 17.9 Å². The molecule has 2 rings (SSSR count). The topological polar surface area (TPSA) is 47.3 Å². The summed E-state index contributed by atoms with van der Waals surface area (Å²) < 4.78 is 7.40. The molecule has 1 aliphatic rings. The smallest absolute Gasteiger partial charge is 0.0854 e. The van der Waals surface area contributed by atoms with Crippen molar-refractivity contribution in [2.45, 2.75) is 57.6 Å². The Morgan fingerprint density at radius 2 is 2.40 bits per heavy atom. The number of ether oxygens (including phenoxy) is 1. The van der Waals surface area contributed by atoms with Crippen LogP contribution in [0.1, 0.15) is 44.4 Å². The van der Waals surface area contributed by atoms with E-state index in [1.54, 1.807) is 11.3 Å². The van der Waals surface area contributed by atoms with Crippen molar-refractivity contribution in [3.63, 3.8) is 0 Å². The first-order chi connectivity index (χ1) is 9.59. The fraction of sp³-hybridized carbons (Fsp3) is 0.733. The molecule has 1 aromatic heterocycles. The normalized spacial score (nSPS) is 28.5. The summed E-state index contributed by atoms with van der Waals surface area (Å²) in [6, 6.07) is 4.45. The summed E-state index contributed by atoms with van der Waals surface area (Å²) in [6.45, 7) is 5.15. The average molecular weight is 361 g/mol. The summed E-state index contributed by atoms with van der Waals surface area (Å²) in [7, 11) is 0. The molecule has 0 radical (unpaired) electrons. The van der Waals surface area contributed by atoms with Crippen molar-refractivity contribution in [3.8, 4) is 0 Å². The number of nitrogens with one attached hydrogen (secondary N) is 1. The highest BCUT2D eigenvalue weighted by molar-refractivity contribution is 9.11. The third-order valence-corrected chi connectivity index (χ3v) is 5.94. The van der Waals surface area contributed by atoms with Gasteiger partial charge in [0.25, 0.3) is 0 Å². The van der Waals surface area contributed by atoms with E-state index >= 15 is 0 Å². The molecule has 1 heterocycles. The molecular formula is C15H25BrN2OS. The van der Waals surface area contributed by atoms with Gasteiger partial charge in [-0.25, -0.2) is 0 Å². The van der Waals surface area contributed by atoms with Gasteiger partial charge < -0.3 is 4.74 Å². The molecule has 3 nitrogen and oxygen atoms in total. The zero-order valence-electron chi connectivity index (χ0n) is 12.3. The number of hydrazine groups is 1. The van der Waals surface area contributed by atoms with Gasteiger partial charge in [-0.2, -0.15) is 0 Å². The number of hydrogen-bond donors (Lipinski definition) is 2. The Bertz CT molecular complexity index is 422. The molecule has 5 heteroatoms. The van der Waals surface area contributed by atoms with Gasteiger partial charge in [0.2, 0.25) is 0 Å². The van der Waals surface area contributed by atoms with Crippen molar-refractivity contribution < 1.29 is 4.74 Å². The van der Waals surface area contributed by atoms with Gasteiger partial charge in [0.05, 0.1) is 15.4 Å². The second-order valence-corrected chi connectivity index (χ2v) is 8.38. The molecule has 0 aromatic carbocycles. The van der Waals surface area contributed by atoms with Crippen LogP contribution in [-0.2, 0) is 11.2 Å². The minimum absolute atomic E-state index is 0.113. The standard InChI is InChI=1S/C15H25BrN2OS/c1-3-19-15(8-4-5-11(2)10-15)13(18-17)9-12-6-7-14(16)20-12/h6-7,11,13,18H,3-5,8-10,17H2,1-2H3. The molecule has 0 amide bonds. The molecule has 0 aliphatic heterocycles. The van der Waals surface area contributed by atoms with Gasteiger partial charge in [-0.05, 0) is 53.7 Å². The van der Waals surface area contributed by atoms with Crippen LogP contribution in [-0.4, -0.2) is 18.2 Å². The van der Waals surface area contributed by atoms with Crippen molar-refractivity contribution in [1.82, 2.24) is 5.43 Å². The number of rotatable bonds is 6. The van der Waals surface area contributed by atoms with E-state index in [1.807, 2.05) is 0 Å². The van der Waals surface area contributed by atoms with E-state index < -0.39 is 0 Å². The van der Waals surface area contributed by atoms with Crippen LogP contribution in [0.3, 0.4) is 0 Å². The van der Waals surface area contributed by atoms with Gasteiger partial charge >= 0.3 is 0 Å². The molecular weight excluding hydrogens is 336 g/mol. The van der Waals surface area contributed by atoms with E-state index in [4.69, 9.17) is 10.6 Å². The van der Waals surface area contributed by atoms with E-state index in [1.165, 1.54) is 21.5 Å². The summed E-state index contributed by atoms with van der Waals surface area (Å²) in [5.74, 6) is 6.59. The molecule has 1 fully saturated rings. The molecule has 3 atom stereocenters. The Kier molecular flexibility index (Phi) is 6.05. The summed E-state index contributed by atoms with van der Waals surface area (Å²) in [5, 5.41) is 0. The summed E-state index contributed by atoms with van der Waals surface area (Å²) >= 11 is 5.31. The molecule has 0 spiro atoms. The van der Waals surface area contributed by atoms with Crippen molar-refractivity contribution in [2.24, 2.45) is 11.8 Å². The van der Waals surface area contributed by atoms with Crippen LogP contribution < -0.4 is 11.3 Å². The maximum absolute atomic E-state index is 6.22. The van der Waals surface area contributed by atoms with Gasteiger partial charge in [0.1, 0.15) is 0 Å². The van der Waals surface area contributed by atoms with Crippen molar-refractivity contribution in [3.05, 3.63) is 20.8 Å². The van der Waals surface area contributed by atoms with E-state index in [0.717, 1.165) is 25.9 Å². The van der Waals surface area contributed by atoms with Crippen molar-refractivity contribution in [2.75, 3.05) is 6.61 Å². The fourth-order valence-corrected chi connectivity index (χ4v) is 4.97. The van der Waals surface area contributed by atoms with Crippen molar-refractivity contribution in [1.29, 1.82) is 0 Å². The van der Waals surface area contributed by atoms with E-state index in [-0.39, 0.29) is 11.6 Å². The van der Waals surface area contributed by atoms with Crippen molar-refractivity contribution >= 4 is 27.3 Å². The van der Waals surface area contributed by atoms with E-state index in [2.05, 4.69) is 47.3 Å². The summed E-state index contributed by atoms with van der Waals surface area (Å²) in [5.41, 5.74) is 2.93. The molecule has 1 aromatic rings. The van der Waals surface area contributed by atoms with Crippen LogP contribution in [0.2, 0.25) is 0 Å². The Morgan fingerprint density at radius 3 is 2.95 bits per heavy atom. The molecule has 0 bridgehead atoms. The highest BCUT2D eigenvalue weighted by atomic mass is 79.9. The molecule has 1 aliphatic carbocycles. The van der Waals surface area contributed by atoms with Gasteiger partial charge in [-0.15, -0.1) is 11.3 Å². The summed E-state index contributed by atoms with van der Waals surface area (Å²) in [4.78, 5) is 1.34. The average Bonchev–Trinajstić information content (AvgIpc) is 2.82. The Morgan fingerprint density at radius 1 is 1.60 bits per heavy atom. The highest BCUT2D eigenvalue weighted by Gasteiger charge is 2.42. The first kappa shape index (κ1) is 16.4. The molecule has 3 N–H and O–H groups in total. The highest BCUT2D eigenvalue weighted by Crippen LogP contribution is 2.39. The number of hydrogen-bond acceptors (Lipinski definition) is 4. The van der Waals surface area contributed by atoms with E-state index in [9.17, 15) is 0 Å². The summed E-state index contributed by atoms with van der Waals surface area (Å²) in [6.07, 6.45) is 5.67. The second kappa shape index (κ2) is 7.36. The number of nitrogens with two attached hydrogens (primary N) is 1. The lowest BCUT2D eigenvalue weighted by Crippen LogP contribution is -2.57. The zero-order valence-corrected chi connectivity index (χ0v) is 14.7. The molecule has 20 heavy (non-hydrogen) atoms. The maximum Gasteiger partial charge on any atom is 0.0854 e. The predicted molar refractivity (Wildman–Crippen MR) is 88.8 cm³/mol. The quantitative estimate of drug-likeness (QED) is 0.597. The minimum atomic E-state index is -0.113. The van der Waals surface area contributed by atoms with Gasteiger partial charge in [-0.3, -0.25) is 11.3 Å². The van der Waals surface area contributed by atoms with Crippen LogP contribution in [0.4, 0.5) is 0 Å². The third-order valence-electron chi connectivity index (χ3n) is 4.29. The van der Waals surface area contributed by atoms with E-state index in [0.29, 0.717) is 5.92 Å². The molecule has 0 saturated heterocycles. The molecule has 1 saturated carbocycles. The zero-order chi connectivity index (χ0) is 14.6. The number of thiophene rings is 1. The lowest BCUT2D eigenvalue weighted by atomic mass is 9.73. The maximum atomic E-state index is 6.22. The van der Waals surface area contributed by atoms with Crippen LogP contribution >= 0.6 is 27.3 Å². The molecule has 114 valence electrons. The van der Waals surface area contributed by atoms with Gasteiger partial charge in [0.15, 0.2) is 0 Å². The Balaban J connectivity index is 2.15. The van der Waals surface area contributed by atoms with Gasteiger partial charge in [-0.1, -0.05) is 19.8 Å². The predicted octanol–water partition coefficient (Wildman–Crippen LogP) is 3.87. The lowest BCUT2D eigenvalue weighted by Gasteiger charge is -2.45. The first-order valence-corrected chi connectivity index (χ1v) is 9.05.